The van der Waals surface area contributed by atoms with Crippen molar-refractivity contribution >= 4 is 21.9 Å². The molecule has 8 heteroatoms. The second-order valence-electron chi connectivity index (χ2n) is 7.37. The monoisotopic (exact) mass is 394 g/mol. The number of carboxylic acids is 1. The summed E-state index contributed by atoms with van der Waals surface area (Å²) in [5, 5.41) is 11.9. The Balaban J connectivity index is 1.49. The third kappa shape index (κ3) is 4.87. The standard InChI is InChI=1S/C19H26N2O5S/c22-18(20-16-7-6-15(13-16)19(23)24)10-5-14-3-8-17(9-4-14)27(25,26)21-11-1-2-12-21/h3-4,8-9,15-16H,1-2,5-7,10-13H2,(H,20,22)(H,23,24)/t15-,16+/m1/s1. The van der Waals surface area contributed by atoms with Crippen molar-refractivity contribution in [1.82, 2.24) is 9.62 Å². The minimum absolute atomic E-state index is 0.0634. The smallest absolute Gasteiger partial charge is 0.306 e. The van der Waals surface area contributed by atoms with Crippen molar-refractivity contribution in [2.24, 2.45) is 5.92 Å². The number of aryl methyl sites for hydroxylation is 1. The van der Waals surface area contributed by atoms with Crippen LogP contribution in [0.25, 0.3) is 0 Å². The molecule has 7 nitrogen and oxygen atoms in total. The van der Waals surface area contributed by atoms with E-state index in [1.54, 1.807) is 24.3 Å². The molecule has 2 fully saturated rings. The fourth-order valence-corrected chi connectivity index (χ4v) is 5.32. The second-order valence-corrected chi connectivity index (χ2v) is 9.31. The zero-order valence-corrected chi connectivity index (χ0v) is 16.1. The normalized spacial score (nSPS) is 23.4. The lowest BCUT2D eigenvalue weighted by atomic mass is 10.1. The van der Waals surface area contributed by atoms with Crippen LogP contribution in [0.5, 0.6) is 0 Å². The Morgan fingerprint density at radius 2 is 1.78 bits per heavy atom. The van der Waals surface area contributed by atoms with Gasteiger partial charge < -0.3 is 10.4 Å². The molecule has 1 aliphatic carbocycles. The number of rotatable bonds is 7. The van der Waals surface area contributed by atoms with Crippen LogP contribution >= 0.6 is 0 Å². The Bertz CT molecular complexity index is 785. The van der Waals surface area contributed by atoms with Gasteiger partial charge in [0, 0.05) is 25.6 Å². The van der Waals surface area contributed by atoms with Crippen molar-refractivity contribution in [2.75, 3.05) is 13.1 Å². The van der Waals surface area contributed by atoms with Crippen molar-refractivity contribution in [3.05, 3.63) is 29.8 Å². The largest absolute Gasteiger partial charge is 0.481 e. The minimum Gasteiger partial charge on any atom is -0.481 e. The Morgan fingerprint density at radius 3 is 2.37 bits per heavy atom. The number of amides is 1. The van der Waals surface area contributed by atoms with E-state index in [9.17, 15) is 18.0 Å². The van der Waals surface area contributed by atoms with Crippen LogP contribution in [0.1, 0.15) is 44.1 Å². The fourth-order valence-electron chi connectivity index (χ4n) is 3.80. The molecule has 0 bridgehead atoms. The number of hydrogen-bond acceptors (Lipinski definition) is 4. The highest BCUT2D eigenvalue weighted by Gasteiger charge is 2.30. The molecule has 27 heavy (non-hydrogen) atoms. The molecule has 0 aromatic heterocycles. The number of hydrogen-bond donors (Lipinski definition) is 2. The summed E-state index contributed by atoms with van der Waals surface area (Å²) in [6.45, 7) is 1.16. The summed E-state index contributed by atoms with van der Waals surface area (Å²) in [5.41, 5.74) is 0.903. The predicted molar refractivity (Wildman–Crippen MR) is 99.7 cm³/mol. The lowest BCUT2D eigenvalue weighted by Gasteiger charge is -2.15. The molecule has 0 spiro atoms. The van der Waals surface area contributed by atoms with E-state index >= 15 is 0 Å². The number of aliphatic carboxylic acids is 1. The first-order chi connectivity index (χ1) is 12.9. The average Bonchev–Trinajstić information content (AvgIpc) is 3.32. The molecule has 2 atom stereocenters. The molecule has 1 aliphatic heterocycles. The van der Waals surface area contributed by atoms with Crippen molar-refractivity contribution in [1.29, 1.82) is 0 Å². The Kier molecular flexibility index (Phi) is 6.16. The summed E-state index contributed by atoms with van der Waals surface area (Å²) in [5.74, 6) is -1.25. The Labute approximate surface area is 159 Å². The lowest BCUT2D eigenvalue weighted by Crippen LogP contribution is -2.33. The van der Waals surface area contributed by atoms with Crippen molar-refractivity contribution < 1.29 is 23.1 Å². The quantitative estimate of drug-likeness (QED) is 0.734. The maximum atomic E-state index is 12.5. The summed E-state index contributed by atoms with van der Waals surface area (Å²) in [6, 6.07) is 6.66. The number of carboxylic acid groups (broad SMARTS) is 1. The first kappa shape index (κ1) is 19.8. The highest BCUT2D eigenvalue weighted by Crippen LogP contribution is 2.26. The molecule has 1 saturated carbocycles. The zero-order chi connectivity index (χ0) is 19.4. The van der Waals surface area contributed by atoms with E-state index < -0.39 is 16.0 Å². The molecular weight excluding hydrogens is 368 g/mol. The molecule has 0 radical (unpaired) electrons. The number of carbonyl (C=O) groups is 2. The summed E-state index contributed by atoms with van der Waals surface area (Å²) in [4.78, 5) is 23.3. The van der Waals surface area contributed by atoms with E-state index in [2.05, 4.69) is 5.32 Å². The zero-order valence-electron chi connectivity index (χ0n) is 15.3. The van der Waals surface area contributed by atoms with E-state index in [1.807, 2.05) is 0 Å². The third-order valence-corrected chi connectivity index (χ3v) is 7.33. The topological polar surface area (TPSA) is 104 Å². The molecule has 1 aromatic carbocycles. The molecule has 148 valence electrons. The first-order valence-corrected chi connectivity index (χ1v) is 10.9. The molecule has 1 heterocycles. The van der Waals surface area contributed by atoms with E-state index in [1.165, 1.54) is 4.31 Å². The molecule has 0 unspecified atom stereocenters. The third-order valence-electron chi connectivity index (χ3n) is 5.41. The van der Waals surface area contributed by atoms with Gasteiger partial charge in [0.2, 0.25) is 15.9 Å². The highest BCUT2D eigenvalue weighted by atomic mass is 32.2. The van der Waals surface area contributed by atoms with Gasteiger partial charge in [0.15, 0.2) is 0 Å². The van der Waals surface area contributed by atoms with Gasteiger partial charge in [0.05, 0.1) is 10.8 Å². The molecule has 1 aromatic rings. The lowest BCUT2D eigenvalue weighted by molar-refractivity contribution is -0.141. The van der Waals surface area contributed by atoms with Crippen LogP contribution in [0.2, 0.25) is 0 Å². The highest BCUT2D eigenvalue weighted by molar-refractivity contribution is 7.89. The van der Waals surface area contributed by atoms with E-state index in [0.717, 1.165) is 18.4 Å². The summed E-state index contributed by atoms with van der Waals surface area (Å²) < 4.78 is 26.5. The first-order valence-electron chi connectivity index (χ1n) is 9.47. The Morgan fingerprint density at radius 1 is 1.11 bits per heavy atom. The van der Waals surface area contributed by atoms with Crippen LogP contribution < -0.4 is 5.32 Å². The molecule has 1 amide bonds. The molecule has 2 N–H and O–H groups in total. The summed E-state index contributed by atoms with van der Waals surface area (Å²) >= 11 is 0. The Hall–Kier alpha value is -1.93. The molecule has 1 saturated heterocycles. The van der Waals surface area contributed by atoms with Crippen molar-refractivity contribution in [3.63, 3.8) is 0 Å². The van der Waals surface area contributed by atoms with Crippen LogP contribution in [0.3, 0.4) is 0 Å². The van der Waals surface area contributed by atoms with Crippen molar-refractivity contribution in [2.45, 2.75) is 55.9 Å². The van der Waals surface area contributed by atoms with Crippen molar-refractivity contribution in [3.8, 4) is 0 Å². The van der Waals surface area contributed by atoms with Gasteiger partial charge >= 0.3 is 5.97 Å². The van der Waals surface area contributed by atoms with Crippen LogP contribution in [0.15, 0.2) is 29.2 Å². The summed E-state index contributed by atoms with van der Waals surface area (Å²) in [7, 11) is -3.41. The fraction of sp³-hybridized carbons (Fsp3) is 0.579. The van der Waals surface area contributed by atoms with Gasteiger partial charge in [0.1, 0.15) is 0 Å². The number of sulfonamides is 1. The van der Waals surface area contributed by atoms with Gasteiger partial charge in [0.25, 0.3) is 0 Å². The summed E-state index contributed by atoms with van der Waals surface area (Å²) in [6.07, 6.45) is 4.42. The van der Waals surface area contributed by atoms with Crippen LogP contribution in [0.4, 0.5) is 0 Å². The number of nitrogens with zero attached hydrogens (tertiary/aromatic N) is 1. The average molecular weight is 394 g/mol. The van der Waals surface area contributed by atoms with Gasteiger partial charge in [-0.15, -0.1) is 0 Å². The minimum atomic E-state index is -3.41. The van der Waals surface area contributed by atoms with Crippen LogP contribution in [-0.4, -0.2) is 48.8 Å². The van der Waals surface area contributed by atoms with Gasteiger partial charge in [-0.2, -0.15) is 4.31 Å². The van der Waals surface area contributed by atoms with Gasteiger partial charge in [-0.1, -0.05) is 12.1 Å². The maximum absolute atomic E-state index is 12.5. The van der Waals surface area contributed by atoms with Gasteiger partial charge in [-0.3, -0.25) is 9.59 Å². The number of nitrogens with one attached hydrogen (secondary N) is 1. The second kappa shape index (κ2) is 8.39. The number of carbonyl (C=O) groups excluding carboxylic acids is 1. The SMILES string of the molecule is O=C(CCc1ccc(S(=O)(=O)N2CCCC2)cc1)N[C@H]1CC[C@@H](C(=O)O)C1. The van der Waals surface area contributed by atoms with Gasteiger partial charge in [-0.05, 0) is 56.2 Å². The molecular formula is C19H26N2O5S. The maximum Gasteiger partial charge on any atom is 0.306 e. The van der Waals surface area contributed by atoms with E-state index in [0.29, 0.717) is 50.1 Å². The van der Waals surface area contributed by atoms with Gasteiger partial charge in [-0.25, -0.2) is 8.42 Å². The number of benzene rings is 1. The van der Waals surface area contributed by atoms with Crippen LogP contribution in [0, 0.1) is 5.92 Å². The van der Waals surface area contributed by atoms with Crippen LogP contribution in [-0.2, 0) is 26.0 Å². The van der Waals surface area contributed by atoms with E-state index in [4.69, 9.17) is 5.11 Å². The molecule has 2 aliphatic rings. The molecule has 3 rings (SSSR count). The van der Waals surface area contributed by atoms with E-state index in [-0.39, 0.29) is 17.9 Å². The predicted octanol–water partition coefficient (Wildman–Crippen LogP) is 1.77.